The lowest BCUT2D eigenvalue weighted by Crippen LogP contribution is -2.07. The summed E-state index contributed by atoms with van der Waals surface area (Å²) in [4.78, 5) is 11.0. The molecule has 6 heteroatoms. The highest BCUT2D eigenvalue weighted by Gasteiger charge is 2.06. The van der Waals surface area contributed by atoms with Crippen LogP contribution in [0, 0.1) is 11.6 Å². The molecule has 2 aromatic carbocycles. The number of benzene rings is 2. The summed E-state index contributed by atoms with van der Waals surface area (Å²) in [6.07, 6.45) is 0. The van der Waals surface area contributed by atoms with Gasteiger partial charge in [-0.15, -0.1) is 0 Å². The van der Waals surface area contributed by atoms with Crippen LogP contribution in [0.3, 0.4) is 0 Å². The molecule has 0 saturated carbocycles. The molecule has 0 saturated heterocycles. The Morgan fingerprint density at radius 3 is 2.57 bits per heavy atom. The molecule has 1 amide bonds. The van der Waals surface area contributed by atoms with Gasteiger partial charge in [-0.2, -0.15) is 0 Å². The fraction of sp³-hybridized carbons (Fsp3) is 0.133. The Labute approximate surface area is 125 Å². The van der Waals surface area contributed by atoms with Crippen LogP contribution in [0.1, 0.15) is 12.5 Å². The van der Waals surface area contributed by atoms with Gasteiger partial charge in [-0.25, -0.2) is 8.78 Å². The Kier molecular flexibility index (Phi) is 4.75. The molecule has 110 valence electrons. The SMILES string of the molecule is CC(=O)Nc1ccc(NCc2ccc(F)cc2F)cc1Cl. The number of amides is 1. The first-order valence-electron chi connectivity index (χ1n) is 6.20. The van der Waals surface area contributed by atoms with Crippen molar-refractivity contribution in [1.29, 1.82) is 0 Å². The van der Waals surface area contributed by atoms with E-state index in [1.54, 1.807) is 18.2 Å². The maximum atomic E-state index is 13.5. The first-order valence-corrected chi connectivity index (χ1v) is 6.58. The first-order chi connectivity index (χ1) is 9.95. The van der Waals surface area contributed by atoms with E-state index in [0.717, 1.165) is 6.07 Å². The van der Waals surface area contributed by atoms with Crippen molar-refractivity contribution in [3.63, 3.8) is 0 Å². The molecule has 0 heterocycles. The van der Waals surface area contributed by atoms with Gasteiger partial charge < -0.3 is 10.6 Å². The first kappa shape index (κ1) is 15.3. The summed E-state index contributed by atoms with van der Waals surface area (Å²) in [5, 5.41) is 5.94. The number of anilines is 2. The molecule has 0 atom stereocenters. The lowest BCUT2D eigenvalue weighted by Gasteiger charge is -2.10. The number of nitrogens with one attached hydrogen (secondary N) is 2. The van der Waals surface area contributed by atoms with Crippen LogP contribution in [-0.2, 0) is 11.3 Å². The molecule has 2 rings (SSSR count). The van der Waals surface area contributed by atoms with E-state index >= 15 is 0 Å². The molecular formula is C15H13ClF2N2O. The minimum atomic E-state index is -0.612. The van der Waals surface area contributed by atoms with Crippen molar-refractivity contribution in [3.8, 4) is 0 Å². The number of hydrogen-bond donors (Lipinski definition) is 2. The van der Waals surface area contributed by atoms with Crippen molar-refractivity contribution in [2.24, 2.45) is 0 Å². The van der Waals surface area contributed by atoms with Gasteiger partial charge in [0.15, 0.2) is 0 Å². The van der Waals surface area contributed by atoms with Gasteiger partial charge in [0.1, 0.15) is 11.6 Å². The van der Waals surface area contributed by atoms with Crippen LogP contribution < -0.4 is 10.6 Å². The molecule has 0 aliphatic rings. The van der Waals surface area contributed by atoms with E-state index < -0.39 is 11.6 Å². The van der Waals surface area contributed by atoms with Crippen molar-refractivity contribution < 1.29 is 13.6 Å². The standard InChI is InChI=1S/C15H13ClF2N2O/c1-9(21)20-15-5-4-12(7-13(15)16)19-8-10-2-3-11(17)6-14(10)18/h2-7,19H,8H2,1H3,(H,20,21). The number of carbonyl (C=O) groups excluding carboxylic acids is 1. The lowest BCUT2D eigenvalue weighted by atomic mass is 10.2. The predicted molar refractivity (Wildman–Crippen MR) is 79.4 cm³/mol. The Bertz CT molecular complexity index is 677. The normalized spacial score (nSPS) is 10.3. The monoisotopic (exact) mass is 310 g/mol. The topological polar surface area (TPSA) is 41.1 Å². The molecule has 0 spiro atoms. The highest BCUT2D eigenvalue weighted by molar-refractivity contribution is 6.34. The van der Waals surface area contributed by atoms with Crippen LogP contribution in [0.5, 0.6) is 0 Å². The highest BCUT2D eigenvalue weighted by Crippen LogP contribution is 2.26. The summed E-state index contributed by atoms with van der Waals surface area (Å²) in [5.74, 6) is -1.44. The van der Waals surface area contributed by atoms with Crippen LogP contribution in [0.15, 0.2) is 36.4 Å². The van der Waals surface area contributed by atoms with Crippen molar-refractivity contribution >= 4 is 28.9 Å². The van der Waals surface area contributed by atoms with Gasteiger partial charge in [0.2, 0.25) is 5.91 Å². The second kappa shape index (κ2) is 6.54. The molecule has 0 unspecified atom stereocenters. The molecule has 0 aliphatic heterocycles. The second-order valence-corrected chi connectivity index (χ2v) is 4.87. The number of hydrogen-bond acceptors (Lipinski definition) is 2. The number of halogens is 3. The molecule has 2 N–H and O–H groups in total. The van der Waals surface area contributed by atoms with Crippen LogP contribution in [-0.4, -0.2) is 5.91 Å². The third-order valence-electron chi connectivity index (χ3n) is 2.78. The summed E-state index contributed by atoms with van der Waals surface area (Å²) in [6.45, 7) is 1.59. The maximum Gasteiger partial charge on any atom is 0.221 e. The zero-order chi connectivity index (χ0) is 15.4. The van der Waals surface area contributed by atoms with E-state index in [1.807, 2.05) is 0 Å². The molecule has 21 heavy (non-hydrogen) atoms. The second-order valence-electron chi connectivity index (χ2n) is 4.47. The molecule has 0 fully saturated rings. The van der Waals surface area contributed by atoms with E-state index in [2.05, 4.69) is 10.6 Å². The molecule has 0 bridgehead atoms. The average molecular weight is 311 g/mol. The molecule has 0 aromatic heterocycles. The third kappa shape index (κ3) is 4.16. The van der Waals surface area contributed by atoms with Gasteiger partial charge in [-0.3, -0.25) is 4.79 Å². The summed E-state index contributed by atoms with van der Waals surface area (Å²) in [5.41, 5.74) is 1.51. The minimum absolute atomic E-state index is 0.196. The molecule has 3 nitrogen and oxygen atoms in total. The van der Waals surface area contributed by atoms with Gasteiger partial charge in [-0.1, -0.05) is 17.7 Å². The van der Waals surface area contributed by atoms with Crippen LogP contribution in [0.2, 0.25) is 5.02 Å². The number of carbonyl (C=O) groups is 1. The lowest BCUT2D eigenvalue weighted by molar-refractivity contribution is -0.114. The van der Waals surface area contributed by atoms with E-state index in [4.69, 9.17) is 11.6 Å². The Hall–Kier alpha value is -2.14. The van der Waals surface area contributed by atoms with Crippen molar-refractivity contribution in [1.82, 2.24) is 0 Å². The minimum Gasteiger partial charge on any atom is -0.381 e. The van der Waals surface area contributed by atoms with Gasteiger partial charge in [0.25, 0.3) is 0 Å². The summed E-state index contributed by atoms with van der Waals surface area (Å²) in [6, 6.07) is 8.39. The Morgan fingerprint density at radius 2 is 1.95 bits per heavy atom. The summed E-state index contributed by atoms with van der Waals surface area (Å²) in [7, 11) is 0. The molecular weight excluding hydrogens is 298 g/mol. The van der Waals surface area contributed by atoms with Gasteiger partial charge in [0.05, 0.1) is 10.7 Å². The van der Waals surface area contributed by atoms with Gasteiger partial charge >= 0.3 is 0 Å². The van der Waals surface area contributed by atoms with Crippen molar-refractivity contribution in [2.75, 3.05) is 10.6 Å². The Morgan fingerprint density at radius 1 is 1.19 bits per heavy atom. The van der Waals surface area contributed by atoms with Gasteiger partial charge in [-0.05, 0) is 24.3 Å². The quantitative estimate of drug-likeness (QED) is 0.889. The zero-order valence-electron chi connectivity index (χ0n) is 11.2. The smallest absolute Gasteiger partial charge is 0.221 e. The number of rotatable bonds is 4. The summed E-state index contributed by atoms with van der Waals surface area (Å²) >= 11 is 6.03. The maximum absolute atomic E-state index is 13.5. The fourth-order valence-corrected chi connectivity index (χ4v) is 2.01. The third-order valence-corrected chi connectivity index (χ3v) is 3.09. The Balaban J connectivity index is 2.06. The molecule has 0 aliphatic carbocycles. The summed E-state index contributed by atoms with van der Waals surface area (Å²) < 4.78 is 26.3. The van der Waals surface area contributed by atoms with Crippen LogP contribution in [0.25, 0.3) is 0 Å². The van der Waals surface area contributed by atoms with E-state index in [9.17, 15) is 13.6 Å². The molecule has 0 radical (unpaired) electrons. The predicted octanol–water partition coefficient (Wildman–Crippen LogP) is 4.19. The van der Waals surface area contributed by atoms with Crippen LogP contribution >= 0.6 is 11.6 Å². The van der Waals surface area contributed by atoms with Crippen molar-refractivity contribution in [3.05, 3.63) is 58.6 Å². The van der Waals surface area contributed by atoms with Gasteiger partial charge in [0, 0.05) is 30.8 Å². The van der Waals surface area contributed by atoms with Crippen molar-refractivity contribution in [2.45, 2.75) is 13.5 Å². The molecule has 2 aromatic rings. The van der Waals surface area contributed by atoms with Crippen LogP contribution in [0.4, 0.5) is 20.2 Å². The van der Waals surface area contributed by atoms with E-state index in [-0.39, 0.29) is 12.5 Å². The average Bonchev–Trinajstić information content (AvgIpc) is 2.40. The highest BCUT2D eigenvalue weighted by atomic mass is 35.5. The largest absolute Gasteiger partial charge is 0.381 e. The van der Waals surface area contributed by atoms with E-state index in [1.165, 1.54) is 19.1 Å². The zero-order valence-corrected chi connectivity index (χ0v) is 12.0. The van der Waals surface area contributed by atoms with E-state index in [0.29, 0.717) is 22.0 Å². The fourth-order valence-electron chi connectivity index (χ4n) is 1.78.